The van der Waals surface area contributed by atoms with Gasteiger partial charge in [0.25, 0.3) is 0 Å². The molecule has 288 valence electrons. The van der Waals surface area contributed by atoms with Crippen LogP contribution in [0.5, 0.6) is 0 Å². The van der Waals surface area contributed by atoms with E-state index >= 15 is 0 Å². The molecule has 0 radical (unpaired) electrons. The number of fused-ring (bicyclic) bond motifs is 6. The summed E-state index contributed by atoms with van der Waals surface area (Å²) in [6.45, 7) is 0. The fourth-order valence-electron chi connectivity index (χ4n) is 9.44. The van der Waals surface area contributed by atoms with E-state index in [0.29, 0.717) is 5.92 Å². The van der Waals surface area contributed by atoms with E-state index in [1.807, 2.05) is 0 Å². The van der Waals surface area contributed by atoms with Crippen LogP contribution in [0.25, 0.3) is 94.6 Å². The Balaban J connectivity index is 1.02. The molecule has 3 heterocycles. The van der Waals surface area contributed by atoms with Crippen LogP contribution in [0.2, 0.25) is 0 Å². The second-order valence-electron chi connectivity index (χ2n) is 15.9. The average molecular weight is 782 g/mol. The molecule has 8 aromatic carbocycles. The number of benzene rings is 8. The molecule has 0 saturated heterocycles. The molecule has 0 saturated carbocycles. The summed E-state index contributed by atoms with van der Waals surface area (Å²) >= 11 is 0. The van der Waals surface area contributed by atoms with Gasteiger partial charge in [-0.3, -0.25) is 4.57 Å². The standard InChI is InChI=1S/C56H39N5/c1-4-16-38(17-5-1)40-20-14-24-45(34-40)59-52-29-13-11-27-48(52)50-36-42(31-33-53(50)59)55-57-58-56(61(55)44-22-8-3-9-23-44)43-30-32-49-47-26-10-12-28-51(47)60(54(49)37-43)46-25-15-21-41(35-46)39-18-6-2-7-19-39/h1-18,20-37,39H,19H2. The average Bonchev–Trinajstić information content (AvgIpc) is 4.03. The van der Waals surface area contributed by atoms with E-state index in [1.165, 1.54) is 38.4 Å². The van der Waals surface area contributed by atoms with Crippen molar-refractivity contribution in [1.82, 2.24) is 23.9 Å². The van der Waals surface area contributed by atoms with Crippen LogP contribution in [0.15, 0.2) is 218 Å². The van der Waals surface area contributed by atoms with Gasteiger partial charge in [0.05, 0.1) is 22.1 Å². The lowest BCUT2D eigenvalue weighted by Gasteiger charge is -2.16. The van der Waals surface area contributed by atoms with Gasteiger partial charge in [0.1, 0.15) is 0 Å². The predicted molar refractivity (Wildman–Crippen MR) is 252 cm³/mol. The first-order valence-corrected chi connectivity index (χ1v) is 20.9. The summed E-state index contributed by atoms with van der Waals surface area (Å²) in [7, 11) is 0. The number of nitrogens with zero attached hydrogens (tertiary/aromatic N) is 5. The first-order chi connectivity index (χ1) is 30.3. The first kappa shape index (κ1) is 35.0. The van der Waals surface area contributed by atoms with Crippen molar-refractivity contribution in [3.8, 4) is 51.0 Å². The number of hydrogen-bond acceptors (Lipinski definition) is 2. The second-order valence-corrected chi connectivity index (χ2v) is 15.9. The second kappa shape index (κ2) is 14.4. The van der Waals surface area contributed by atoms with Gasteiger partial charge in [-0.05, 0) is 95.9 Å². The third kappa shape index (κ3) is 5.85. The van der Waals surface area contributed by atoms with E-state index in [1.54, 1.807) is 0 Å². The molecule has 11 aromatic rings. The van der Waals surface area contributed by atoms with Gasteiger partial charge in [0.2, 0.25) is 0 Å². The molecule has 12 rings (SSSR count). The van der Waals surface area contributed by atoms with Gasteiger partial charge >= 0.3 is 0 Å². The molecule has 0 bridgehead atoms. The van der Waals surface area contributed by atoms with E-state index in [2.05, 4.69) is 232 Å². The summed E-state index contributed by atoms with van der Waals surface area (Å²) in [6.07, 6.45) is 9.86. The van der Waals surface area contributed by atoms with E-state index < -0.39 is 0 Å². The van der Waals surface area contributed by atoms with E-state index in [9.17, 15) is 0 Å². The van der Waals surface area contributed by atoms with Crippen molar-refractivity contribution in [2.45, 2.75) is 12.3 Å². The van der Waals surface area contributed by atoms with Crippen LogP contribution < -0.4 is 0 Å². The number of hydrogen-bond donors (Lipinski definition) is 0. The first-order valence-electron chi connectivity index (χ1n) is 20.9. The topological polar surface area (TPSA) is 40.6 Å². The maximum atomic E-state index is 5.00. The third-order valence-electron chi connectivity index (χ3n) is 12.3. The van der Waals surface area contributed by atoms with E-state index in [4.69, 9.17) is 10.2 Å². The molecule has 5 heteroatoms. The lowest BCUT2D eigenvalue weighted by atomic mass is 9.92. The molecule has 1 unspecified atom stereocenters. The molecule has 5 nitrogen and oxygen atoms in total. The van der Waals surface area contributed by atoms with Gasteiger partial charge in [0, 0.05) is 55.7 Å². The van der Waals surface area contributed by atoms with Crippen molar-refractivity contribution in [3.63, 3.8) is 0 Å². The fourth-order valence-corrected chi connectivity index (χ4v) is 9.44. The maximum Gasteiger partial charge on any atom is 0.168 e. The Kier molecular flexibility index (Phi) is 8.23. The Morgan fingerprint density at radius 2 is 0.934 bits per heavy atom. The normalized spacial score (nSPS) is 13.9. The molecule has 1 atom stereocenters. The maximum absolute atomic E-state index is 5.00. The van der Waals surface area contributed by atoms with Crippen molar-refractivity contribution in [3.05, 3.63) is 224 Å². The van der Waals surface area contributed by atoms with Crippen molar-refractivity contribution in [2.24, 2.45) is 0 Å². The van der Waals surface area contributed by atoms with E-state index in [0.717, 1.165) is 68.2 Å². The Labute approximate surface area is 353 Å². The molecule has 1 aliphatic carbocycles. The highest BCUT2D eigenvalue weighted by Gasteiger charge is 2.22. The van der Waals surface area contributed by atoms with Crippen LogP contribution >= 0.6 is 0 Å². The van der Waals surface area contributed by atoms with Crippen LogP contribution in [0, 0.1) is 0 Å². The zero-order chi connectivity index (χ0) is 40.3. The van der Waals surface area contributed by atoms with Gasteiger partial charge < -0.3 is 9.13 Å². The minimum Gasteiger partial charge on any atom is -0.309 e. The number of para-hydroxylation sites is 3. The summed E-state index contributed by atoms with van der Waals surface area (Å²) in [5.41, 5.74) is 13.6. The fraction of sp³-hybridized carbons (Fsp3) is 0.0357. The zero-order valence-corrected chi connectivity index (χ0v) is 33.3. The number of rotatable bonds is 7. The van der Waals surface area contributed by atoms with Gasteiger partial charge in [-0.1, -0.05) is 146 Å². The van der Waals surface area contributed by atoms with Gasteiger partial charge in [-0.25, -0.2) is 0 Å². The number of allylic oxidation sites excluding steroid dienone is 4. The molecular weight excluding hydrogens is 743 g/mol. The lowest BCUT2D eigenvalue weighted by molar-refractivity contribution is 0.852. The summed E-state index contributed by atoms with van der Waals surface area (Å²) in [6, 6.07) is 69.7. The molecule has 3 aromatic heterocycles. The summed E-state index contributed by atoms with van der Waals surface area (Å²) in [5, 5.41) is 14.8. The molecule has 0 N–H and O–H groups in total. The quantitative estimate of drug-likeness (QED) is 0.162. The highest BCUT2D eigenvalue weighted by Crippen LogP contribution is 2.39. The van der Waals surface area contributed by atoms with E-state index in [-0.39, 0.29) is 0 Å². The summed E-state index contributed by atoms with van der Waals surface area (Å²) < 4.78 is 6.99. The smallest absolute Gasteiger partial charge is 0.168 e. The Hall–Kier alpha value is -8.02. The SMILES string of the molecule is C1=CCC(c2cccc(-n3c4ccccc4c4ccc(-c5nnc(-c6ccc7c(c6)c6ccccc6n7-c6cccc(-c7ccccc7)c6)n5-c5ccccc5)cc43)c2)C=C1. The highest BCUT2D eigenvalue weighted by molar-refractivity contribution is 6.11. The zero-order valence-electron chi connectivity index (χ0n) is 33.3. The summed E-state index contributed by atoms with van der Waals surface area (Å²) in [5.74, 6) is 1.93. The van der Waals surface area contributed by atoms with Crippen LogP contribution in [0.3, 0.4) is 0 Å². The summed E-state index contributed by atoms with van der Waals surface area (Å²) in [4.78, 5) is 0. The van der Waals surface area contributed by atoms with Gasteiger partial charge in [-0.15, -0.1) is 10.2 Å². The third-order valence-corrected chi connectivity index (χ3v) is 12.3. The van der Waals surface area contributed by atoms with Crippen LogP contribution in [0.1, 0.15) is 17.9 Å². The van der Waals surface area contributed by atoms with Crippen molar-refractivity contribution >= 4 is 43.6 Å². The lowest BCUT2D eigenvalue weighted by Crippen LogP contribution is -2.01. The Bertz CT molecular complexity index is 3510. The van der Waals surface area contributed by atoms with Crippen molar-refractivity contribution < 1.29 is 0 Å². The minimum absolute atomic E-state index is 0.359. The molecule has 0 amide bonds. The molecular formula is C56H39N5. The minimum atomic E-state index is 0.359. The molecule has 0 aliphatic heterocycles. The monoisotopic (exact) mass is 781 g/mol. The molecule has 0 fully saturated rings. The Morgan fingerprint density at radius 3 is 1.69 bits per heavy atom. The molecule has 0 spiro atoms. The van der Waals surface area contributed by atoms with Crippen LogP contribution in [-0.4, -0.2) is 23.9 Å². The highest BCUT2D eigenvalue weighted by atomic mass is 15.3. The van der Waals surface area contributed by atoms with Crippen LogP contribution in [0.4, 0.5) is 0 Å². The van der Waals surface area contributed by atoms with Crippen molar-refractivity contribution in [1.29, 1.82) is 0 Å². The molecule has 61 heavy (non-hydrogen) atoms. The number of aromatic nitrogens is 5. The van der Waals surface area contributed by atoms with Gasteiger partial charge in [0.15, 0.2) is 11.6 Å². The predicted octanol–water partition coefficient (Wildman–Crippen LogP) is 14.1. The van der Waals surface area contributed by atoms with Crippen LogP contribution in [-0.2, 0) is 0 Å². The largest absolute Gasteiger partial charge is 0.309 e. The van der Waals surface area contributed by atoms with Crippen molar-refractivity contribution in [2.75, 3.05) is 0 Å². The van der Waals surface area contributed by atoms with Gasteiger partial charge in [-0.2, -0.15) is 0 Å². The molecule has 1 aliphatic rings. The Morgan fingerprint density at radius 1 is 0.361 bits per heavy atom.